The Labute approximate surface area is 82.9 Å². The zero-order valence-corrected chi connectivity index (χ0v) is 8.52. The van der Waals surface area contributed by atoms with Gasteiger partial charge in [0.05, 0.1) is 6.54 Å². The van der Waals surface area contributed by atoms with E-state index in [4.69, 9.17) is 11.6 Å². The minimum atomic E-state index is 0.311. The molecule has 76 valence electrons. The third-order valence-corrected chi connectivity index (χ3v) is 2.89. The molecule has 6 heteroatoms. The number of thioether (sulfide) groups is 1. The molecule has 0 unspecified atom stereocenters. The second-order valence-corrected chi connectivity index (χ2v) is 4.09. The number of nitrogens with one attached hydrogen (secondary N) is 1. The van der Waals surface area contributed by atoms with Crippen molar-refractivity contribution in [2.24, 2.45) is 16.6 Å². The average Bonchev–Trinajstić information content (AvgIpc) is 2.19. The third-order valence-electron chi connectivity index (χ3n) is 1.95. The van der Waals surface area contributed by atoms with Crippen LogP contribution in [0.3, 0.4) is 0 Å². The van der Waals surface area contributed by atoms with E-state index < -0.39 is 0 Å². The predicted molar refractivity (Wildman–Crippen MR) is 57.6 cm³/mol. The van der Waals surface area contributed by atoms with Crippen LogP contribution in [-0.2, 0) is 0 Å². The van der Waals surface area contributed by atoms with Crippen molar-refractivity contribution in [2.75, 3.05) is 37.7 Å². The number of hydrogen-bond donors (Lipinski definition) is 3. The van der Waals surface area contributed by atoms with Crippen LogP contribution in [0.4, 0.5) is 0 Å². The largest absolute Gasteiger partial charge is 0.369 e. The van der Waals surface area contributed by atoms with Gasteiger partial charge in [-0.25, -0.2) is 5.84 Å². The topological polar surface area (TPSA) is 79.7 Å². The highest BCUT2D eigenvalue weighted by molar-refractivity contribution is 7.99. The molecule has 0 radical (unpaired) electrons. The van der Waals surface area contributed by atoms with Crippen LogP contribution in [0.5, 0.6) is 0 Å². The summed E-state index contributed by atoms with van der Waals surface area (Å²) in [4.78, 5) is 6.44. The van der Waals surface area contributed by atoms with Crippen molar-refractivity contribution < 1.29 is 0 Å². The molecule has 0 aliphatic carbocycles. The summed E-state index contributed by atoms with van der Waals surface area (Å²) in [6.45, 7) is 4.02. The Bertz CT molecular complexity index is 166. The molecule has 0 spiro atoms. The maximum Gasteiger partial charge on any atom is 0.203 e. The summed E-state index contributed by atoms with van der Waals surface area (Å²) in [6, 6.07) is 0. The Balaban J connectivity index is 2.10. The minimum Gasteiger partial charge on any atom is -0.369 e. The molecule has 0 saturated carbocycles. The molecule has 0 atom stereocenters. The summed E-state index contributed by atoms with van der Waals surface area (Å²) in [7, 11) is 0. The molecular formula is C7H17N5S. The van der Waals surface area contributed by atoms with Gasteiger partial charge >= 0.3 is 0 Å². The molecule has 0 aromatic rings. The molecule has 13 heavy (non-hydrogen) atoms. The van der Waals surface area contributed by atoms with Gasteiger partial charge in [-0.05, 0) is 0 Å². The number of hydrazine groups is 1. The molecule has 0 bridgehead atoms. The van der Waals surface area contributed by atoms with E-state index in [1.54, 1.807) is 0 Å². The summed E-state index contributed by atoms with van der Waals surface area (Å²) in [6.07, 6.45) is 0. The standard InChI is InChI=1S/C7H17N5S/c8-7(11-9)10-1-2-12-3-5-13-6-4-12/h1-6,9H2,(H3,8,10,11). The number of guanidine groups is 1. The zero-order valence-electron chi connectivity index (χ0n) is 7.70. The highest BCUT2D eigenvalue weighted by atomic mass is 32.2. The molecule has 0 aromatic heterocycles. The molecule has 5 N–H and O–H groups in total. The second-order valence-electron chi connectivity index (χ2n) is 2.87. The second kappa shape index (κ2) is 6.06. The number of hydrogen-bond acceptors (Lipinski definition) is 4. The molecule has 0 amide bonds. The van der Waals surface area contributed by atoms with Gasteiger partial charge in [-0.3, -0.25) is 15.3 Å². The van der Waals surface area contributed by atoms with Gasteiger partial charge in [-0.2, -0.15) is 11.8 Å². The van der Waals surface area contributed by atoms with Crippen molar-refractivity contribution in [3.63, 3.8) is 0 Å². The Morgan fingerprint density at radius 1 is 1.46 bits per heavy atom. The summed E-state index contributed by atoms with van der Waals surface area (Å²) in [5, 5.41) is 0. The highest BCUT2D eigenvalue weighted by Crippen LogP contribution is 2.07. The van der Waals surface area contributed by atoms with Gasteiger partial charge in [0.15, 0.2) is 0 Å². The molecule has 1 aliphatic rings. The molecule has 1 heterocycles. The summed E-state index contributed by atoms with van der Waals surface area (Å²) >= 11 is 2.01. The van der Waals surface area contributed by atoms with E-state index in [1.807, 2.05) is 11.8 Å². The third kappa shape index (κ3) is 4.35. The molecule has 1 rings (SSSR count). The quantitative estimate of drug-likeness (QED) is 0.233. The Kier molecular flexibility index (Phi) is 4.95. The fraction of sp³-hybridized carbons (Fsp3) is 0.857. The Hall–Kier alpha value is -0.460. The zero-order chi connectivity index (χ0) is 9.52. The van der Waals surface area contributed by atoms with E-state index >= 15 is 0 Å². The van der Waals surface area contributed by atoms with E-state index in [0.29, 0.717) is 5.96 Å². The SMILES string of the molecule is NNC(N)=NCCN1CCSCC1. The maximum atomic E-state index is 5.38. The Morgan fingerprint density at radius 2 is 2.15 bits per heavy atom. The molecule has 1 saturated heterocycles. The van der Waals surface area contributed by atoms with Crippen molar-refractivity contribution >= 4 is 17.7 Å². The van der Waals surface area contributed by atoms with Crippen molar-refractivity contribution in [1.29, 1.82) is 0 Å². The summed E-state index contributed by atoms with van der Waals surface area (Å²) < 4.78 is 0. The van der Waals surface area contributed by atoms with Crippen LogP contribution in [0.1, 0.15) is 0 Å². The first-order valence-corrected chi connectivity index (χ1v) is 5.55. The lowest BCUT2D eigenvalue weighted by Gasteiger charge is -2.25. The predicted octanol–water partition coefficient (Wildman–Crippen LogP) is -1.19. The summed E-state index contributed by atoms with van der Waals surface area (Å²) in [5.41, 5.74) is 7.69. The van der Waals surface area contributed by atoms with Crippen LogP contribution in [0.15, 0.2) is 4.99 Å². The van der Waals surface area contributed by atoms with Crippen molar-refractivity contribution in [2.45, 2.75) is 0 Å². The fourth-order valence-electron chi connectivity index (χ4n) is 1.18. The minimum absolute atomic E-state index is 0.311. The van der Waals surface area contributed by atoms with Gasteiger partial charge < -0.3 is 5.73 Å². The number of nitrogens with two attached hydrogens (primary N) is 2. The van der Waals surface area contributed by atoms with E-state index in [9.17, 15) is 0 Å². The van der Waals surface area contributed by atoms with Crippen LogP contribution < -0.4 is 17.0 Å². The van der Waals surface area contributed by atoms with Gasteiger partial charge in [0.1, 0.15) is 0 Å². The fourth-order valence-corrected chi connectivity index (χ4v) is 2.16. The average molecular weight is 203 g/mol. The highest BCUT2D eigenvalue weighted by Gasteiger charge is 2.08. The van der Waals surface area contributed by atoms with Gasteiger partial charge in [0, 0.05) is 31.1 Å². The van der Waals surface area contributed by atoms with Crippen LogP contribution in [0.2, 0.25) is 0 Å². The van der Waals surface area contributed by atoms with Crippen molar-refractivity contribution in [1.82, 2.24) is 10.3 Å². The maximum absolute atomic E-state index is 5.38. The monoisotopic (exact) mass is 203 g/mol. The molecule has 5 nitrogen and oxygen atoms in total. The first-order valence-electron chi connectivity index (χ1n) is 4.39. The van der Waals surface area contributed by atoms with E-state index in [0.717, 1.165) is 26.2 Å². The van der Waals surface area contributed by atoms with Gasteiger partial charge in [0.2, 0.25) is 5.96 Å². The van der Waals surface area contributed by atoms with Crippen LogP contribution in [0, 0.1) is 0 Å². The first-order chi connectivity index (χ1) is 6.33. The molecule has 0 aromatic carbocycles. The van der Waals surface area contributed by atoms with Crippen LogP contribution in [0.25, 0.3) is 0 Å². The van der Waals surface area contributed by atoms with Crippen LogP contribution >= 0.6 is 11.8 Å². The smallest absolute Gasteiger partial charge is 0.203 e. The number of rotatable bonds is 3. The van der Waals surface area contributed by atoms with Crippen LogP contribution in [-0.4, -0.2) is 48.5 Å². The van der Waals surface area contributed by atoms with Gasteiger partial charge in [-0.1, -0.05) is 0 Å². The van der Waals surface area contributed by atoms with E-state index in [2.05, 4.69) is 15.3 Å². The van der Waals surface area contributed by atoms with E-state index in [-0.39, 0.29) is 0 Å². The van der Waals surface area contributed by atoms with E-state index in [1.165, 1.54) is 11.5 Å². The molecular weight excluding hydrogens is 186 g/mol. The molecule has 1 aliphatic heterocycles. The van der Waals surface area contributed by atoms with Crippen molar-refractivity contribution in [3.05, 3.63) is 0 Å². The lowest BCUT2D eigenvalue weighted by Crippen LogP contribution is -2.38. The first kappa shape index (κ1) is 10.6. The molecule has 1 fully saturated rings. The normalized spacial score (nSPS) is 20.2. The summed E-state index contributed by atoms with van der Waals surface area (Å²) in [5.74, 6) is 7.84. The lowest BCUT2D eigenvalue weighted by atomic mass is 10.4. The Morgan fingerprint density at radius 3 is 2.77 bits per heavy atom. The number of aliphatic imine (C=N–C) groups is 1. The van der Waals surface area contributed by atoms with Gasteiger partial charge in [-0.15, -0.1) is 0 Å². The van der Waals surface area contributed by atoms with Crippen molar-refractivity contribution in [3.8, 4) is 0 Å². The van der Waals surface area contributed by atoms with Gasteiger partial charge in [0.25, 0.3) is 0 Å². The lowest BCUT2D eigenvalue weighted by molar-refractivity contribution is 0.311. The number of nitrogens with zero attached hydrogens (tertiary/aromatic N) is 2.